The first-order valence-corrected chi connectivity index (χ1v) is 6.71. The Morgan fingerprint density at radius 1 is 1.59 bits per heavy atom. The number of hydrogen-bond acceptors (Lipinski definition) is 5. The lowest BCUT2D eigenvalue weighted by atomic mass is 10.3. The van der Waals surface area contributed by atoms with Crippen molar-refractivity contribution in [2.24, 2.45) is 5.73 Å². The molecule has 6 nitrogen and oxygen atoms in total. The number of methoxy groups -OCH3 is 1. The minimum atomic E-state index is -3.36. The summed E-state index contributed by atoms with van der Waals surface area (Å²) >= 11 is 0. The Balaban J connectivity index is 2.67. The molecular weight excluding hydrogens is 242 g/mol. The van der Waals surface area contributed by atoms with E-state index in [1.165, 1.54) is 7.11 Å². The number of aromatic nitrogens is 1. The highest BCUT2D eigenvalue weighted by Gasteiger charge is 2.18. The van der Waals surface area contributed by atoms with Gasteiger partial charge in [0.1, 0.15) is 0 Å². The predicted octanol–water partition coefficient (Wildman–Crippen LogP) is -0.143. The van der Waals surface area contributed by atoms with Crippen LogP contribution in [-0.4, -0.2) is 32.3 Å². The summed E-state index contributed by atoms with van der Waals surface area (Å²) in [5, 5.41) is -0.605. The highest BCUT2D eigenvalue weighted by molar-refractivity contribution is 7.90. The third-order valence-corrected chi connectivity index (χ3v) is 4.15. The molecule has 0 aliphatic heterocycles. The molecule has 0 aromatic carbocycles. The van der Waals surface area contributed by atoms with E-state index in [0.29, 0.717) is 5.88 Å². The van der Waals surface area contributed by atoms with Crippen LogP contribution in [0.4, 0.5) is 0 Å². The third-order valence-electron chi connectivity index (χ3n) is 2.35. The van der Waals surface area contributed by atoms with Gasteiger partial charge in [-0.2, -0.15) is 0 Å². The fraction of sp³-hybridized carbons (Fsp3) is 0.500. The number of nitrogens with one attached hydrogen (secondary N) is 1. The largest absolute Gasteiger partial charge is 0.481 e. The number of sulfonamides is 1. The average Bonchev–Trinajstić information content (AvgIpc) is 2.35. The molecule has 7 heteroatoms. The van der Waals surface area contributed by atoms with Gasteiger partial charge in [0.05, 0.1) is 12.4 Å². The van der Waals surface area contributed by atoms with E-state index in [1.807, 2.05) is 0 Å². The van der Waals surface area contributed by atoms with Gasteiger partial charge in [0.2, 0.25) is 15.9 Å². The van der Waals surface area contributed by atoms with Crippen molar-refractivity contribution in [1.29, 1.82) is 0 Å². The van der Waals surface area contributed by atoms with Crippen LogP contribution >= 0.6 is 0 Å². The van der Waals surface area contributed by atoms with Crippen molar-refractivity contribution in [2.75, 3.05) is 13.7 Å². The van der Waals surface area contributed by atoms with Crippen molar-refractivity contribution in [3.63, 3.8) is 0 Å². The zero-order valence-electron chi connectivity index (χ0n) is 9.88. The Morgan fingerprint density at radius 2 is 2.29 bits per heavy atom. The first kappa shape index (κ1) is 13.9. The van der Waals surface area contributed by atoms with E-state index in [-0.39, 0.29) is 13.1 Å². The van der Waals surface area contributed by atoms with E-state index in [2.05, 4.69) is 9.71 Å². The molecule has 0 bridgehead atoms. The Labute approximate surface area is 101 Å². The van der Waals surface area contributed by atoms with Gasteiger partial charge < -0.3 is 10.5 Å². The second-order valence-electron chi connectivity index (χ2n) is 3.62. The van der Waals surface area contributed by atoms with Gasteiger partial charge in [-0.3, -0.25) is 0 Å². The molecule has 0 saturated heterocycles. The maximum atomic E-state index is 11.7. The predicted molar refractivity (Wildman–Crippen MR) is 65.1 cm³/mol. The van der Waals surface area contributed by atoms with Crippen molar-refractivity contribution in [3.05, 3.63) is 23.9 Å². The summed E-state index contributed by atoms with van der Waals surface area (Å²) in [7, 11) is -1.86. The van der Waals surface area contributed by atoms with Gasteiger partial charge in [-0.15, -0.1) is 0 Å². The molecule has 0 radical (unpaired) electrons. The minimum Gasteiger partial charge on any atom is -0.481 e. The van der Waals surface area contributed by atoms with Crippen molar-refractivity contribution in [2.45, 2.75) is 18.7 Å². The second kappa shape index (κ2) is 5.95. The highest BCUT2D eigenvalue weighted by atomic mass is 32.2. The Morgan fingerprint density at radius 3 is 2.88 bits per heavy atom. The molecule has 0 fully saturated rings. The van der Waals surface area contributed by atoms with E-state index < -0.39 is 15.3 Å². The Kier molecular flexibility index (Phi) is 4.86. The molecule has 17 heavy (non-hydrogen) atoms. The van der Waals surface area contributed by atoms with Crippen molar-refractivity contribution in [1.82, 2.24) is 9.71 Å². The fourth-order valence-electron chi connectivity index (χ4n) is 1.12. The van der Waals surface area contributed by atoms with E-state index in [1.54, 1.807) is 25.3 Å². The summed E-state index contributed by atoms with van der Waals surface area (Å²) in [5.74, 6) is 0.452. The van der Waals surface area contributed by atoms with Crippen LogP contribution < -0.4 is 15.2 Å². The topological polar surface area (TPSA) is 94.3 Å². The molecule has 1 aromatic rings. The summed E-state index contributed by atoms with van der Waals surface area (Å²) in [6.07, 6.45) is 1.56. The molecule has 3 N–H and O–H groups in total. The second-order valence-corrected chi connectivity index (χ2v) is 5.80. The van der Waals surface area contributed by atoms with Crippen LogP contribution in [0.2, 0.25) is 0 Å². The molecule has 0 aliphatic rings. The Hall–Kier alpha value is -1.18. The zero-order chi connectivity index (χ0) is 12.9. The van der Waals surface area contributed by atoms with Crippen LogP contribution in [0.3, 0.4) is 0 Å². The van der Waals surface area contributed by atoms with Gasteiger partial charge >= 0.3 is 0 Å². The first-order chi connectivity index (χ1) is 7.99. The molecule has 1 rings (SSSR count). The SMILES string of the molecule is COc1cc(CNS(=O)(=O)C(C)CN)ccn1. The van der Waals surface area contributed by atoms with E-state index in [9.17, 15) is 8.42 Å². The molecular formula is C10H17N3O3S. The lowest BCUT2D eigenvalue weighted by molar-refractivity contribution is 0.397. The summed E-state index contributed by atoms with van der Waals surface area (Å²) in [6, 6.07) is 3.40. The maximum Gasteiger partial charge on any atom is 0.215 e. The fourth-order valence-corrected chi connectivity index (χ4v) is 2.03. The monoisotopic (exact) mass is 259 g/mol. The molecule has 1 atom stereocenters. The van der Waals surface area contributed by atoms with Crippen molar-refractivity contribution in [3.8, 4) is 5.88 Å². The van der Waals surface area contributed by atoms with Gasteiger partial charge in [-0.05, 0) is 18.6 Å². The van der Waals surface area contributed by atoms with Crippen molar-refractivity contribution < 1.29 is 13.2 Å². The van der Waals surface area contributed by atoms with Gasteiger partial charge in [0.25, 0.3) is 0 Å². The summed E-state index contributed by atoms with van der Waals surface area (Å²) in [6.45, 7) is 1.86. The van der Waals surface area contributed by atoms with E-state index in [4.69, 9.17) is 10.5 Å². The molecule has 1 heterocycles. The van der Waals surface area contributed by atoms with Crippen LogP contribution in [0, 0.1) is 0 Å². The Bertz CT molecular complexity index is 462. The van der Waals surface area contributed by atoms with Gasteiger partial charge in [0, 0.05) is 25.4 Å². The minimum absolute atomic E-state index is 0.0923. The van der Waals surface area contributed by atoms with E-state index in [0.717, 1.165) is 5.56 Å². The number of pyridine rings is 1. The molecule has 0 aliphatic carbocycles. The number of nitrogens with two attached hydrogens (primary N) is 1. The molecule has 0 spiro atoms. The van der Waals surface area contributed by atoms with Crippen LogP contribution in [0.25, 0.3) is 0 Å². The summed E-state index contributed by atoms with van der Waals surface area (Å²) in [4.78, 5) is 3.93. The molecule has 0 amide bonds. The van der Waals surface area contributed by atoms with Crippen LogP contribution in [0.5, 0.6) is 5.88 Å². The normalized spacial score (nSPS) is 13.4. The number of nitrogens with zero attached hydrogens (tertiary/aromatic N) is 1. The number of hydrogen-bond donors (Lipinski definition) is 2. The standard InChI is InChI=1S/C10H17N3O3S/c1-8(6-11)17(14,15)13-7-9-3-4-12-10(5-9)16-2/h3-5,8,13H,6-7,11H2,1-2H3. The number of rotatable bonds is 6. The highest BCUT2D eigenvalue weighted by Crippen LogP contribution is 2.09. The molecule has 1 aromatic heterocycles. The smallest absolute Gasteiger partial charge is 0.215 e. The van der Waals surface area contributed by atoms with Gasteiger partial charge in [0.15, 0.2) is 0 Å². The molecule has 0 saturated carbocycles. The van der Waals surface area contributed by atoms with Crippen LogP contribution in [0.1, 0.15) is 12.5 Å². The summed E-state index contributed by atoms with van der Waals surface area (Å²) in [5.41, 5.74) is 6.11. The number of ether oxygens (including phenoxy) is 1. The van der Waals surface area contributed by atoms with Gasteiger partial charge in [-0.25, -0.2) is 18.1 Å². The van der Waals surface area contributed by atoms with E-state index >= 15 is 0 Å². The lowest BCUT2D eigenvalue weighted by Gasteiger charge is -2.11. The molecule has 1 unspecified atom stereocenters. The van der Waals surface area contributed by atoms with Gasteiger partial charge in [-0.1, -0.05) is 0 Å². The average molecular weight is 259 g/mol. The third kappa shape index (κ3) is 3.95. The summed E-state index contributed by atoms with van der Waals surface area (Å²) < 4.78 is 30.7. The first-order valence-electron chi connectivity index (χ1n) is 5.17. The van der Waals surface area contributed by atoms with Crippen molar-refractivity contribution >= 4 is 10.0 Å². The maximum absolute atomic E-state index is 11.7. The lowest BCUT2D eigenvalue weighted by Crippen LogP contribution is -2.36. The van der Waals surface area contributed by atoms with Crippen LogP contribution in [0.15, 0.2) is 18.3 Å². The quantitative estimate of drug-likeness (QED) is 0.741. The zero-order valence-corrected chi connectivity index (χ0v) is 10.7. The van der Waals surface area contributed by atoms with Crippen LogP contribution in [-0.2, 0) is 16.6 Å². The molecule has 96 valence electrons.